The van der Waals surface area contributed by atoms with Crippen molar-refractivity contribution in [3.05, 3.63) is 71.7 Å². The first-order valence-electron chi connectivity index (χ1n) is 8.35. The summed E-state index contributed by atoms with van der Waals surface area (Å²) in [5, 5.41) is 0. The maximum absolute atomic E-state index is 13.1. The lowest BCUT2D eigenvalue weighted by Gasteiger charge is -2.14. The molecule has 2 heterocycles. The van der Waals surface area contributed by atoms with E-state index in [1.807, 2.05) is 0 Å². The Bertz CT molecular complexity index is 1110. The monoisotopic (exact) mass is 439 g/mol. The van der Waals surface area contributed by atoms with Crippen LogP contribution < -0.4 is 5.73 Å². The zero-order chi connectivity index (χ0) is 22.8. The van der Waals surface area contributed by atoms with Gasteiger partial charge in [0.2, 0.25) is 5.91 Å². The van der Waals surface area contributed by atoms with Crippen molar-refractivity contribution >= 4 is 17.6 Å². The Hall–Kier alpha value is -3.83. The molecule has 0 unspecified atom stereocenters. The standard InChI is InChI=1S/C19H11F6N5O/c20-18(21,22)12-3-10(4-13(5-12)19(23,24)25)15-1-2-29-16(30-15)6-14(17(26)31)11-7-27-9-28-8-11/h1-9H,(H2,26,31)/b14-6+. The fourth-order valence-corrected chi connectivity index (χ4v) is 2.57. The van der Waals surface area contributed by atoms with E-state index in [1.54, 1.807) is 0 Å². The number of carbonyl (C=O) groups excluding carboxylic acids is 1. The van der Waals surface area contributed by atoms with Crippen LogP contribution in [0.4, 0.5) is 26.3 Å². The molecule has 0 saturated carbocycles. The lowest BCUT2D eigenvalue weighted by Crippen LogP contribution is -2.13. The topological polar surface area (TPSA) is 94.7 Å². The molecule has 6 nitrogen and oxygen atoms in total. The predicted molar refractivity (Wildman–Crippen MR) is 96.6 cm³/mol. The van der Waals surface area contributed by atoms with Gasteiger partial charge >= 0.3 is 12.4 Å². The Morgan fingerprint density at radius 2 is 1.52 bits per heavy atom. The molecule has 2 aromatic heterocycles. The smallest absolute Gasteiger partial charge is 0.366 e. The number of rotatable bonds is 4. The first-order chi connectivity index (χ1) is 14.4. The Morgan fingerprint density at radius 3 is 2.03 bits per heavy atom. The zero-order valence-electron chi connectivity index (χ0n) is 15.2. The number of hydrogen-bond donors (Lipinski definition) is 1. The number of primary amides is 1. The van der Waals surface area contributed by atoms with E-state index in [2.05, 4.69) is 19.9 Å². The van der Waals surface area contributed by atoms with E-state index < -0.39 is 35.0 Å². The molecule has 0 aliphatic carbocycles. The van der Waals surface area contributed by atoms with Gasteiger partial charge < -0.3 is 5.73 Å². The molecule has 3 aromatic rings. The average molecular weight is 439 g/mol. The summed E-state index contributed by atoms with van der Waals surface area (Å²) in [6.45, 7) is 0. The molecule has 160 valence electrons. The van der Waals surface area contributed by atoms with Crippen molar-refractivity contribution in [2.24, 2.45) is 5.73 Å². The second kappa shape index (κ2) is 8.13. The Kier molecular flexibility index (Phi) is 5.73. The molecule has 0 radical (unpaired) electrons. The highest BCUT2D eigenvalue weighted by Crippen LogP contribution is 2.38. The average Bonchev–Trinajstić information content (AvgIpc) is 2.71. The van der Waals surface area contributed by atoms with Gasteiger partial charge in [0.05, 0.1) is 22.4 Å². The number of amides is 1. The Morgan fingerprint density at radius 1 is 0.935 bits per heavy atom. The van der Waals surface area contributed by atoms with Crippen molar-refractivity contribution in [1.29, 1.82) is 0 Å². The van der Waals surface area contributed by atoms with E-state index in [0.717, 1.165) is 18.3 Å². The number of nitrogens with zero attached hydrogens (tertiary/aromatic N) is 4. The molecule has 0 atom stereocenters. The van der Waals surface area contributed by atoms with E-state index in [1.165, 1.54) is 18.7 Å². The van der Waals surface area contributed by atoms with Crippen molar-refractivity contribution in [2.75, 3.05) is 0 Å². The van der Waals surface area contributed by atoms with Gasteiger partial charge in [0.25, 0.3) is 0 Å². The van der Waals surface area contributed by atoms with Crippen LogP contribution in [-0.4, -0.2) is 25.8 Å². The number of hydrogen-bond acceptors (Lipinski definition) is 5. The van der Waals surface area contributed by atoms with Crippen LogP contribution in [0.1, 0.15) is 22.5 Å². The van der Waals surface area contributed by atoms with Crippen LogP contribution in [0.3, 0.4) is 0 Å². The van der Waals surface area contributed by atoms with Gasteiger partial charge in [0.1, 0.15) is 6.33 Å². The van der Waals surface area contributed by atoms with E-state index in [-0.39, 0.29) is 28.7 Å². The molecule has 2 N–H and O–H groups in total. The minimum Gasteiger partial charge on any atom is -0.366 e. The molecular weight excluding hydrogens is 428 g/mol. The zero-order valence-corrected chi connectivity index (χ0v) is 15.2. The number of alkyl halides is 6. The van der Waals surface area contributed by atoms with Crippen LogP contribution >= 0.6 is 0 Å². The third-order valence-electron chi connectivity index (χ3n) is 3.97. The minimum absolute atomic E-state index is 0.0199. The summed E-state index contributed by atoms with van der Waals surface area (Å²) in [5.74, 6) is -1.05. The number of benzene rings is 1. The fraction of sp³-hybridized carbons (Fsp3) is 0.105. The first-order valence-corrected chi connectivity index (χ1v) is 8.35. The molecule has 12 heteroatoms. The van der Waals surface area contributed by atoms with Gasteiger partial charge in [-0.2, -0.15) is 26.3 Å². The van der Waals surface area contributed by atoms with Gasteiger partial charge in [-0.15, -0.1) is 0 Å². The third kappa shape index (κ3) is 5.21. The summed E-state index contributed by atoms with van der Waals surface area (Å²) in [6.07, 6.45) is -3.96. The van der Waals surface area contributed by atoms with E-state index in [4.69, 9.17) is 5.73 Å². The highest BCUT2D eigenvalue weighted by molar-refractivity contribution is 6.23. The van der Waals surface area contributed by atoms with Crippen LogP contribution in [0.25, 0.3) is 22.9 Å². The molecule has 0 aliphatic rings. The van der Waals surface area contributed by atoms with Crippen molar-refractivity contribution in [2.45, 2.75) is 12.4 Å². The van der Waals surface area contributed by atoms with E-state index >= 15 is 0 Å². The van der Waals surface area contributed by atoms with Gasteiger partial charge in [-0.25, -0.2) is 19.9 Å². The fourth-order valence-electron chi connectivity index (χ4n) is 2.57. The minimum atomic E-state index is -5.00. The summed E-state index contributed by atoms with van der Waals surface area (Å²) in [4.78, 5) is 27.1. The molecule has 3 rings (SSSR count). The summed E-state index contributed by atoms with van der Waals surface area (Å²) >= 11 is 0. The van der Waals surface area contributed by atoms with Crippen LogP contribution in [0.2, 0.25) is 0 Å². The summed E-state index contributed by atoms with van der Waals surface area (Å²) < 4.78 is 78.6. The van der Waals surface area contributed by atoms with Crippen molar-refractivity contribution in [3.63, 3.8) is 0 Å². The van der Waals surface area contributed by atoms with E-state index in [0.29, 0.717) is 12.1 Å². The van der Waals surface area contributed by atoms with Crippen LogP contribution in [-0.2, 0) is 17.1 Å². The van der Waals surface area contributed by atoms with Gasteiger partial charge in [0, 0.05) is 29.7 Å². The predicted octanol–water partition coefficient (Wildman–Crippen LogP) is 4.00. The molecule has 0 fully saturated rings. The molecule has 0 saturated heterocycles. The van der Waals surface area contributed by atoms with E-state index in [9.17, 15) is 31.1 Å². The highest BCUT2D eigenvalue weighted by atomic mass is 19.4. The van der Waals surface area contributed by atoms with Crippen LogP contribution in [0, 0.1) is 0 Å². The van der Waals surface area contributed by atoms with Crippen LogP contribution in [0.15, 0.2) is 49.2 Å². The van der Waals surface area contributed by atoms with Crippen molar-refractivity contribution in [3.8, 4) is 11.3 Å². The van der Waals surface area contributed by atoms with Gasteiger partial charge in [-0.1, -0.05) is 0 Å². The third-order valence-corrected chi connectivity index (χ3v) is 3.97. The first kappa shape index (κ1) is 21.9. The maximum atomic E-state index is 13.1. The number of halogens is 6. The molecule has 1 aromatic carbocycles. The quantitative estimate of drug-likeness (QED) is 0.490. The van der Waals surface area contributed by atoms with Crippen molar-refractivity contribution < 1.29 is 31.1 Å². The Balaban J connectivity index is 2.12. The lowest BCUT2D eigenvalue weighted by atomic mass is 10.0. The van der Waals surface area contributed by atoms with Crippen LogP contribution in [0.5, 0.6) is 0 Å². The van der Waals surface area contributed by atoms with Gasteiger partial charge in [-0.05, 0) is 30.3 Å². The Labute approximate surface area is 170 Å². The second-order valence-corrected chi connectivity index (χ2v) is 6.14. The second-order valence-electron chi connectivity index (χ2n) is 6.14. The molecule has 0 bridgehead atoms. The van der Waals surface area contributed by atoms with Gasteiger partial charge in [-0.3, -0.25) is 4.79 Å². The number of carbonyl (C=O) groups is 1. The molecule has 1 amide bonds. The normalized spacial score (nSPS) is 12.6. The SMILES string of the molecule is NC(=O)/C(=C/c1nccc(-c2cc(C(F)(F)F)cc(C(F)(F)F)c2)n1)c1cncnc1. The summed E-state index contributed by atoms with van der Waals surface area (Å²) in [5.41, 5.74) is 1.85. The summed E-state index contributed by atoms with van der Waals surface area (Å²) in [7, 11) is 0. The number of aromatic nitrogens is 4. The largest absolute Gasteiger partial charge is 0.416 e. The summed E-state index contributed by atoms with van der Waals surface area (Å²) in [6, 6.07) is 2.25. The molecule has 31 heavy (non-hydrogen) atoms. The van der Waals surface area contributed by atoms with Crippen molar-refractivity contribution in [1.82, 2.24) is 19.9 Å². The maximum Gasteiger partial charge on any atom is 0.416 e. The lowest BCUT2D eigenvalue weighted by molar-refractivity contribution is -0.143. The number of nitrogens with two attached hydrogens (primary N) is 1. The molecular formula is C19H11F6N5O. The molecule has 0 spiro atoms. The molecule has 0 aliphatic heterocycles. The highest BCUT2D eigenvalue weighted by Gasteiger charge is 2.37. The van der Waals surface area contributed by atoms with Gasteiger partial charge in [0.15, 0.2) is 5.82 Å².